The summed E-state index contributed by atoms with van der Waals surface area (Å²) in [6.07, 6.45) is 19.2. The van der Waals surface area contributed by atoms with Crippen molar-refractivity contribution < 1.29 is 5.11 Å². The summed E-state index contributed by atoms with van der Waals surface area (Å²) < 4.78 is 0. The van der Waals surface area contributed by atoms with Crippen molar-refractivity contribution >= 4 is 29.5 Å². The average Bonchev–Trinajstić information content (AvgIpc) is 3.89. The maximum Gasteiger partial charge on any atom is 0.115 e. The fraction of sp³-hybridized carbons (Fsp3) is 0.647. The number of aromatic hydroxyl groups is 1. The molecule has 1 atom stereocenters. The van der Waals surface area contributed by atoms with Crippen molar-refractivity contribution in [2.24, 2.45) is 53.6 Å². The molecule has 424 valence electrons. The van der Waals surface area contributed by atoms with Crippen LogP contribution in [0.15, 0.2) is 107 Å². The first-order valence-corrected chi connectivity index (χ1v) is 28.9. The molecule has 0 radical (unpaired) electrons. The number of amidine groups is 1. The third-order valence-electron chi connectivity index (χ3n) is 11.0. The topological polar surface area (TPSA) is 86.8 Å². The van der Waals surface area contributed by atoms with Gasteiger partial charge in [0.15, 0.2) is 0 Å². The Balaban J connectivity index is -0.000000802. The fourth-order valence-electron chi connectivity index (χ4n) is 7.12. The number of fused-ring (bicyclic) bond motifs is 1. The number of benzene rings is 3. The molecule has 74 heavy (non-hydrogen) atoms. The van der Waals surface area contributed by atoms with Crippen LogP contribution in [0.2, 0.25) is 0 Å². The van der Waals surface area contributed by atoms with Crippen LogP contribution in [0.5, 0.6) is 5.75 Å². The molecule has 4 N–H and O–H groups in total. The third kappa shape index (κ3) is 50.4. The van der Waals surface area contributed by atoms with Crippen molar-refractivity contribution in [1.29, 1.82) is 0 Å². The number of hydrogen-bond donors (Lipinski definition) is 3. The Kier molecular flexibility index (Phi) is 36.5. The molecule has 5 rings (SSSR count). The number of phenols is 1. The molecule has 4 aromatic rings. The van der Waals surface area contributed by atoms with E-state index in [0.29, 0.717) is 55.4 Å². The maximum absolute atomic E-state index is 9.05. The molecular formula is C68H120N4OS. The zero-order chi connectivity index (χ0) is 56.7. The van der Waals surface area contributed by atoms with Crippen LogP contribution >= 0.6 is 11.8 Å². The first-order valence-electron chi connectivity index (χ1n) is 27.6. The number of thioether (sulfide) groups is 1. The third-order valence-corrected chi connectivity index (χ3v) is 11.7. The van der Waals surface area contributed by atoms with Crippen molar-refractivity contribution in [2.45, 2.75) is 230 Å². The second kappa shape index (κ2) is 36.3. The number of nitrogens with two attached hydrogens (primary N) is 1. The number of hydrogen-bond acceptors (Lipinski definition) is 4. The lowest BCUT2D eigenvalue weighted by molar-refractivity contribution is 0.368. The van der Waals surface area contributed by atoms with Gasteiger partial charge in [0, 0.05) is 31.1 Å². The van der Waals surface area contributed by atoms with E-state index >= 15 is 0 Å². The highest BCUT2D eigenvalue weighted by Gasteiger charge is 2.24. The van der Waals surface area contributed by atoms with Gasteiger partial charge in [0.1, 0.15) is 5.75 Å². The highest BCUT2D eigenvalue weighted by Crippen LogP contribution is 2.38. The first kappa shape index (κ1) is 74.5. The second-order valence-electron chi connectivity index (χ2n) is 28.6. The van der Waals surface area contributed by atoms with Crippen LogP contribution in [-0.4, -0.2) is 40.7 Å². The molecule has 3 aromatic carbocycles. The number of aliphatic imine (C=N–C) groups is 2. The number of rotatable bonds is 10. The molecule has 1 unspecified atom stereocenters. The van der Waals surface area contributed by atoms with Crippen molar-refractivity contribution in [2.75, 3.05) is 18.6 Å². The molecule has 1 aliphatic rings. The number of nitrogens with one attached hydrogen (secondary N) is 1. The minimum atomic E-state index is 0. The largest absolute Gasteiger partial charge is 0.508 e. The number of aromatic amines is 1. The summed E-state index contributed by atoms with van der Waals surface area (Å²) in [6.45, 7) is 52.3. The number of H-pyrrole nitrogens is 1. The van der Waals surface area contributed by atoms with E-state index < -0.39 is 0 Å². The molecule has 0 fully saturated rings. The molecule has 0 spiro atoms. The molecule has 0 saturated heterocycles. The molecule has 5 nitrogen and oxygen atoms in total. The Labute approximate surface area is 465 Å². The van der Waals surface area contributed by atoms with Gasteiger partial charge in [-0.25, -0.2) is 0 Å². The van der Waals surface area contributed by atoms with E-state index in [1.54, 1.807) is 12.1 Å². The van der Waals surface area contributed by atoms with Crippen molar-refractivity contribution in [3.63, 3.8) is 0 Å². The van der Waals surface area contributed by atoms with Crippen LogP contribution < -0.4 is 5.73 Å². The fourth-order valence-corrected chi connectivity index (χ4v) is 7.55. The van der Waals surface area contributed by atoms with Gasteiger partial charge in [-0.15, -0.1) is 0 Å². The van der Waals surface area contributed by atoms with Crippen molar-refractivity contribution in [3.05, 3.63) is 120 Å². The summed E-state index contributed by atoms with van der Waals surface area (Å²) in [5, 5.41) is 9.05. The molecule has 0 saturated carbocycles. The lowest BCUT2D eigenvalue weighted by atomic mass is 9.82. The lowest BCUT2D eigenvalue weighted by Crippen LogP contribution is -2.11. The van der Waals surface area contributed by atoms with Gasteiger partial charge in [-0.2, -0.15) is 11.8 Å². The van der Waals surface area contributed by atoms with Crippen molar-refractivity contribution in [3.8, 4) is 5.75 Å². The summed E-state index contributed by atoms with van der Waals surface area (Å²) in [5.74, 6) is 2.87. The Bertz CT molecular complexity index is 1990. The van der Waals surface area contributed by atoms with Crippen LogP contribution in [-0.2, 0) is 19.3 Å². The van der Waals surface area contributed by atoms with Crippen LogP contribution in [0.3, 0.4) is 0 Å². The Morgan fingerprint density at radius 3 is 1.43 bits per heavy atom. The molecule has 6 heteroatoms. The minimum Gasteiger partial charge on any atom is -0.508 e. The average molecular weight is 1040 g/mol. The monoisotopic (exact) mass is 1040 g/mol. The SMILES string of the molecule is C.CC(C)(C)CC1C=Nc2ccccc21.CC(C)(C)Cc1cc[nH]c1.CC(C)(C)Cc1ccc(O)cc1.CC(C)(C)Cc1ccccc1.CC(N)=NCCCC(C)(C)C.CCC(C)(C)C.CSCCCC(C)(C)C. The van der Waals surface area contributed by atoms with Crippen molar-refractivity contribution in [1.82, 2.24) is 4.98 Å². The summed E-state index contributed by atoms with van der Waals surface area (Å²) in [4.78, 5) is 11.6. The zero-order valence-corrected chi connectivity index (χ0v) is 52.8. The molecule has 1 aromatic heterocycles. The van der Waals surface area contributed by atoms with E-state index in [1.807, 2.05) is 37.0 Å². The number of phenolic OH excluding ortho intramolecular Hbond substituents is 1. The van der Waals surface area contributed by atoms with Crippen LogP contribution in [0.25, 0.3) is 0 Å². The minimum absolute atomic E-state index is 0. The van der Waals surface area contributed by atoms with E-state index in [1.165, 1.54) is 60.1 Å². The van der Waals surface area contributed by atoms with Gasteiger partial charge >= 0.3 is 0 Å². The predicted octanol–water partition coefficient (Wildman–Crippen LogP) is 21.2. The summed E-state index contributed by atoms with van der Waals surface area (Å²) in [7, 11) is 0. The smallest absolute Gasteiger partial charge is 0.115 e. The van der Waals surface area contributed by atoms with Gasteiger partial charge in [-0.05, 0) is 155 Å². The quantitative estimate of drug-likeness (QED) is 0.0840. The second-order valence-corrected chi connectivity index (χ2v) is 29.5. The summed E-state index contributed by atoms with van der Waals surface area (Å²) >= 11 is 1.94. The summed E-state index contributed by atoms with van der Waals surface area (Å²) in [5.41, 5.74) is 15.0. The highest BCUT2D eigenvalue weighted by molar-refractivity contribution is 7.98. The molecule has 0 aliphatic carbocycles. The maximum atomic E-state index is 9.05. The first-order chi connectivity index (χ1) is 33.2. The number of aromatic nitrogens is 1. The molecule has 0 amide bonds. The molecule has 0 bridgehead atoms. The number of nitrogens with zero attached hydrogens (tertiary/aromatic N) is 2. The standard InChI is InChI=1S/C13H17N.C11H16O.C11H16.C9H20N2.C9H15N.C8H18S.C6H14.CH4/c1-13(2,3)8-10-9-14-12-7-5-4-6-11(10)12;1-11(2,3)8-9-4-6-10(12)7-5-9;1-11(2,3)9-10-7-5-4-6-8-10;1-8(10)11-7-5-6-9(2,3)4;1-9(2,3)6-8-4-5-10-7-8;1-8(2,3)6-5-7-9-4;1-5-6(2,3)4;/h4-7,9-10H,8H2,1-3H3;4-7,12H,8H2,1-3H3;4-8H,9H2,1-3H3;5-7H2,1-4H3,(H2,10,11);4-5,7,10H,6H2,1-3H3;5-7H2,1-4H3;5H2,1-4H3;1H4. The van der Waals surface area contributed by atoms with Gasteiger partial charge in [0.2, 0.25) is 0 Å². The van der Waals surface area contributed by atoms with Gasteiger partial charge in [-0.3, -0.25) is 9.98 Å². The van der Waals surface area contributed by atoms with Gasteiger partial charge < -0.3 is 15.8 Å². The predicted molar refractivity (Wildman–Crippen MR) is 341 cm³/mol. The Morgan fingerprint density at radius 2 is 1.03 bits per heavy atom. The van der Waals surface area contributed by atoms with E-state index in [0.717, 1.165) is 37.9 Å². The normalized spacial score (nSPS) is 13.4. The zero-order valence-electron chi connectivity index (χ0n) is 52.0. The molecule has 2 heterocycles. The van der Waals surface area contributed by atoms with Gasteiger partial charge in [0.05, 0.1) is 11.5 Å². The Hall–Kier alpha value is -3.77. The van der Waals surface area contributed by atoms with E-state index in [2.05, 4.69) is 247 Å². The van der Waals surface area contributed by atoms with Crippen LogP contribution in [0.4, 0.5) is 5.69 Å². The number of para-hydroxylation sites is 1. The Morgan fingerprint density at radius 1 is 0.581 bits per heavy atom. The van der Waals surface area contributed by atoms with E-state index in [4.69, 9.17) is 10.8 Å². The molecule has 1 aliphatic heterocycles. The summed E-state index contributed by atoms with van der Waals surface area (Å²) in [6, 6.07) is 28.6. The lowest BCUT2D eigenvalue weighted by Gasteiger charge is -2.21. The van der Waals surface area contributed by atoms with E-state index in [-0.39, 0.29) is 7.43 Å². The van der Waals surface area contributed by atoms with Crippen LogP contribution in [0, 0.1) is 37.9 Å². The van der Waals surface area contributed by atoms with E-state index in [9.17, 15) is 0 Å². The van der Waals surface area contributed by atoms with Crippen LogP contribution in [0.1, 0.15) is 233 Å². The van der Waals surface area contributed by atoms with Gasteiger partial charge in [0.25, 0.3) is 0 Å². The van der Waals surface area contributed by atoms with Gasteiger partial charge in [-0.1, -0.05) is 227 Å². The molecular weight excluding hydrogens is 921 g/mol. The highest BCUT2D eigenvalue weighted by atomic mass is 32.2.